The third kappa shape index (κ3) is 1.85. The molecule has 1 aliphatic carbocycles. The Kier molecular flexibility index (Phi) is 2.86. The van der Waals surface area contributed by atoms with Crippen molar-refractivity contribution in [3.8, 4) is 0 Å². The van der Waals surface area contributed by atoms with Gasteiger partial charge in [0.1, 0.15) is 5.82 Å². The second-order valence-electron chi connectivity index (χ2n) is 5.04. The molecule has 5 heteroatoms. The van der Waals surface area contributed by atoms with Gasteiger partial charge in [0.05, 0.1) is 6.61 Å². The van der Waals surface area contributed by atoms with Crippen molar-refractivity contribution in [3.63, 3.8) is 0 Å². The van der Waals surface area contributed by atoms with E-state index in [4.69, 9.17) is 0 Å². The van der Waals surface area contributed by atoms with Crippen molar-refractivity contribution in [2.45, 2.75) is 25.2 Å². The van der Waals surface area contributed by atoms with E-state index in [2.05, 4.69) is 0 Å². The summed E-state index contributed by atoms with van der Waals surface area (Å²) in [6, 6.07) is 2.88. The highest BCUT2D eigenvalue weighted by molar-refractivity contribution is 6.03. The lowest BCUT2D eigenvalue weighted by atomic mass is 10.0. The molecular weight excluding hydrogens is 249 g/mol. The number of carbonyl (C=O) groups excluding carboxylic acids is 2. The fraction of sp³-hybridized carbons (Fsp3) is 0.429. The lowest BCUT2D eigenvalue weighted by Gasteiger charge is -2.17. The normalized spacial score (nSPS) is 22.2. The van der Waals surface area contributed by atoms with Crippen LogP contribution in [0.4, 0.5) is 10.1 Å². The highest BCUT2D eigenvalue weighted by Crippen LogP contribution is 2.38. The Balaban J connectivity index is 2.07. The van der Waals surface area contributed by atoms with Crippen LogP contribution >= 0.6 is 0 Å². The van der Waals surface area contributed by atoms with Gasteiger partial charge in [-0.2, -0.15) is 0 Å². The first-order valence-electron chi connectivity index (χ1n) is 6.39. The van der Waals surface area contributed by atoms with Gasteiger partial charge >= 0.3 is 0 Å². The number of benzene rings is 1. The van der Waals surface area contributed by atoms with Crippen LogP contribution in [0.5, 0.6) is 0 Å². The molecule has 1 fully saturated rings. The molecule has 2 aliphatic rings. The monoisotopic (exact) mass is 263 g/mol. The summed E-state index contributed by atoms with van der Waals surface area (Å²) >= 11 is 0. The van der Waals surface area contributed by atoms with E-state index in [-0.39, 0.29) is 24.7 Å². The van der Waals surface area contributed by atoms with Crippen LogP contribution in [-0.4, -0.2) is 29.9 Å². The molecule has 0 bridgehead atoms. The average Bonchev–Trinajstić information content (AvgIpc) is 2.94. The number of aliphatic hydroxyl groups excluding tert-OH is 1. The van der Waals surface area contributed by atoms with E-state index in [9.17, 15) is 19.1 Å². The Morgan fingerprint density at radius 3 is 2.79 bits per heavy atom. The molecule has 1 atom stereocenters. The molecule has 1 aromatic carbocycles. The van der Waals surface area contributed by atoms with Crippen LogP contribution < -0.4 is 4.90 Å². The number of amides is 1. The van der Waals surface area contributed by atoms with E-state index < -0.39 is 11.7 Å². The summed E-state index contributed by atoms with van der Waals surface area (Å²) in [5.41, 5.74) is 1.06. The molecule has 100 valence electrons. The van der Waals surface area contributed by atoms with E-state index in [1.807, 2.05) is 0 Å². The van der Waals surface area contributed by atoms with Crippen molar-refractivity contribution in [1.29, 1.82) is 0 Å². The Hall–Kier alpha value is -1.75. The fourth-order valence-electron chi connectivity index (χ4n) is 2.92. The summed E-state index contributed by atoms with van der Waals surface area (Å²) in [5, 5.41) is 9.19. The zero-order chi connectivity index (χ0) is 13.6. The number of Topliss-reactive ketones (excluding diaryl/α,β-unsaturated/α-hetero) is 1. The predicted octanol–water partition coefficient (Wildman–Crippen LogP) is 1.61. The first kappa shape index (κ1) is 12.3. The van der Waals surface area contributed by atoms with E-state index in [1.165, 1.54) is 11.0 Å². The van der Waals surface area contributed by atoms with Gasteiger partial charge < -0.3 is 10.0 Å². The fourth-order valence-corrected chi connectivity index (χ4v) is 2.92. The van der Waals surface area contributed by atoms with E-state index in [0.29, 0.717) is 29.8 Å². The minimum atomic E-state index is -0.503. The molecule has 3 rings (SSSR count). The van der Waals surface area contributed by atoms with Crippen LogP contribution in [0.15, 0.2) is 12.1 Å². The number of hydrogen-bond donors (Lipinski definition) is 1. The van der Waals surface area contributed by atoms with Gasteiger partial charge in [0, 0.05) is 42.1 Å². The number of halogens is 1. The summed E-state index contributed by atoms with van der Waals surface area (Å²) in [6.45, 7) is 0.326. The minimum Gasteiger partial charge on any atom is -0.396 e. The molecule has 19 heavy (non-hydrogen) atoms. The van der Waals surface area contributed by atoms with Crippen LogP contribution in [0.1, 0.15) is 41.1 Å². The van der Waals surface area contributed by atoms with E-state index in [1.54, 1.807) is 6.07 Å². The van der Waals surface area contributed by atoms with Crippen molar-refractivity contribution in [2.75, 3.05) is 18.1 Å². The number of nitrogens with zero attached hydrogens (tertiary/aromatic N) is 1. The predicted molar refractivity (Wildman–Crippen MR) is 66.8 cm³/mol. The standard InChI is InChI=1S/C14H14FNO3/c15-11-6-9(16-3-1-2-13(16)19)5-10-12(18)4-8(7-17)14(10)11/h5-6,8,17H,1-4,7H2. The molecule has 1 N–H and O–H groups in total. The number of hydrogen-bond acceptors (Lipinski definition) is 3. The molecule has 1 aromatic rings. The topological polar surface area (TPSA) is 57.6 Å². The van der Waals surface area contributed by atoms with Gasteiger partial charge in [-0.15, -0.1) is 0 Å². The van der Waals surface area contributed by atoms with Crippen molar-refractivity contribution in [3.05, 3.63) is 29.1 Å². The van der Waals surface area contributed by atoms with Gasteiger partial charge in [-0.1, -0.05) is 0 Å². The first-order chi connectivity index (χ1) is 9.11. The third-order valence-electron chi connectivity index (χ3n) is 3.86. The Bertz CT molecular complexity index is 570. The highest BCUT2D eigenvalue weighted by atomic mass is 19.1. The number of fused-ring (bicyclic) bond motifs is 1. The van der Waals surface area contributed by atoms with Crippen LogP contribution in [-0.2, 0) is 4.79 Å². The van der Waals surface area contributed by atoms with Crippen LogP contribution in [0, 0.1) is 5.82 Å². The Labute approximate surface area is 109 Å². The van der Waals surface area contributed by atoms with Gasteiger partial charge in [0.2, 0.25) is 5.91 Å². The van der Waals surface area contributed by atoms with Crippen LogP contribution in [0.3, 0.4) is 0 Å². The Morgan fingerprint density at radius 1 is 1.37 bits per heavy atom. The SMILES string of the molecule is O=C1CC(CO)c2c(F)cc(N3CCCC3=O)cc21. The van der Waals surface area contributed by atoms with Gasteiger partial charge in [0.25, 0.3) is 0 Å². The van der Waals surface area contributed by atoms with Crippen molar-refractivity contribution >= 4 is 17.4 Å². The maximum Gasteiger partial charge on any atom is 0.227 e. The molecule has 0 radical (unpaired) electrons. The van der Waals surface area contributed by atoms with Crippen LogP contribution in [0.25, 0.3) is 0 Å². The number of rotatable bonds is 2. The number of ketones is 1. The van der Waals surface area contributed by atoms with Gasteiger partial charge in [0.15, 0.2) is 5.78 Å². The maximum atomic E-state index is 14.1. The van der Waals surface area contributed by atoms with E-state index in [0.717, 1.165) is 6.42 Å². The summed E-state index contributed by atoms with van der Waals surface area (Å²) < 4.78 is 14.1. The van der Waals surface area contributed by atoms with Crippen molar-refractivity contribution in [1.82, 2.24) is 0 Å². The first-order valence-corrected chi connectivity index (χ1v) is 6.39. The lowest BCUT2D eigenvalue weighted by molar-refractivity contribution is -0.117. The molecule has 1 unspecified atom stereocenters. The van der Waals surface area contributed by atoms with Gasteiger partial charge in [-0.25, -0.2) is 4.39 Å². The molecular formula is C14H14FNO3. The number of aliphatic hydroxyl groups is 1. The zero-order valence-electron chi connectivity index (χ0n) is 10.4. The summed E-state index contributed by atoms with van der Waals surface area (Å²) in [6.07, 6.45) is 1.36. The average molecular weight is 263 g/mol. The minimum absolute atomic E-state index is 0.0384. The summed E-state index contributed by atoms with van der Waals surface area (Å²) in [7, 11) is 0. The van der Waals surface area contributed by atoms with Gasteiger partial charge in [-0.05, 0) is 18.6 Å². The summed E-state index contributed by atoms with van der Waals surface area (Å²) in [4.78, 5) is 25.0. The molecule has 0 aromatic heterocycles. The van der Waals surface area contributed by atoms with E-state index >= 15 is 0 Å². The van der Waals surface area contributed by atoms with Crippen molar-refractivity contribution < 1.29 is 19.1 Å². The second kappa shape index (κ2) is 4.42. The Morgan fingerprint density at radius 2 is 2.16 bits per heavy atom. The quantitative estimate of drug-likeness (QED) is 0.882. The highest BCUT2D eigenvalue weighted by Gasteiger charge is 2.33. The zero-order valence-corrected chi connectivity index (χ0v) is 10.4. The maximum absolute atomic E-state index is 14.1. The largest absolute Gasteiger partial charge is 0.396 e. The van der Waals surface area contributed by atoms with Crippen molar-refractivity contribution in [2.24, 2.45) is 0 Å². The molecule has 4 nitrogen and oxygen atoms in total. The molecule has 0 saturated carbocycles. The third-order valence-corrected chi connectivity index (χ3v) is 3.86. The lowest BCUT2D eigenvalue weighted by Crippen LogP contribution is -2.24. The molecule has 1 amide bonds. The smallest absolute Gasteiger partial charge is 0.227 e. The second-order valence-corrected chi connectivity index (χ2v) is 5.04. The molecule has 1 heterocycles. The number of anilines is 1. The van der Waals surface area contributed by atoms with Gasteiger partial charge in [-0.3, -0.25) is 9.59 Å². The number of carbonyl (C=O) groups is 2. The van der Waals surface area contributed by atoms with Crippen LogP contribution in [0.2, 0.25) is 0 Å². The molecule has 1 saturated heterocycles. The molecule has 1 aliphatic heterocycles. The molecule has 0 spiro atoms. The summed E-state index contributed by atoms with van der Waals surface area (Å²) in [5.74, 6) is -1.16.